The third-order valence-electron chi connectivity index (χ3n) is 8.08. The van der Waals surface area contributed by atoms with Crippen molar-refractivity contribution in [2.45, 2.75) is 23.5 Å². The van der Waals surface area contributed by atoms with E-state index < -0.39 is 11.8 Å². The van der Waals surface area contributed by atoms with Crippen LogP contribution in [0.3, 0.4) is 0 Å². The number of hydrogen-bond acceptors (Lipinski definition) is 6. The van der Waals surface area contributed by atoms with E-state index in [9.17, 15) is 14.4 Å². The van der Waals surface area contributed by atoms with E-state index in [1.54, 1.807) is 61.7 Å². The zero-order valence-electron chi connectivity index (χ0n) is 27.3. The van der Waals surface area contributed by atoms with Crippen molar-refractivity contribution in [3.05, 3.63) is 138 Å². The van der Waals surface area contributed by atoms with Crippen LogP contribution >= 0.6 is 11.8 Å². The molecule has 1 unspecified atom stereocenters. The molecule has 0 spiro atoms. The van der Waals surface area contributed by atoms with Crippen molar-refractivity contribution in [2.24, 2.45) is 0 Å². The Morgan fingerprint density at radius 3 is 2.10 bits per heavy atom. The number of rotatable bonds is 11. The first-order chi connectivity index (χ1) is 23.9. The van der Waals surface area contributed by atoms with Crippen LogP contribution in [-0.2, 0) is 4.79 Å². The minimum atomic E-state index is -0.537. The lowest BCUT2D eigenvalue weighted by atomic mass is 10.1. The van der Waals surface area contributed by atoms with Crippen molar-refractivity contribution in [2.75, 3.05) is 19.5 Å². The fourth-order valence-corrected chi connectivity index (χ4v) is 6.73. The normalized spacial score (nSPS) is 12.0. The van der Waals surface area contributed by atoms with E-state index in [2.05, 4.69) is 10.6 Å². The first-order valence-electron chi connectivity index (χ1n) is 15.8. The van der Waals surface area contributed by atoms with Crippen molar-refractivity contribution < 1.29 is 23.9 Å². The fraction of sp³-hybridized carbons (Fsp3) is 0.125. The van der Waals surface area contributed by atoms with Gasteiger partial charge in [-0.25, -0.2) is 0 Å². The first kappa shape index (κ1) is 33.1. The van der Waals surface area contributed by atoms with Crippen LogP contribution in [0.5, 0.6) is 11.5 Å². The van der Waals surface area contributed by atoms with Crippen molar-refractivity contribution in [1.82, 2.24) is 9.88 Å². The predicted octanol–water partition coefficient (Wildman–Crippen LogP) is 8.43. The van der Waals surface area contributed by atoms with Gasteiger partial charge < -0.3 is 20.1 Å². The maximum atomic E-state index is 14.1. The molecule has 2 N–H and O–H groups in total. The van der Waals surface area contributed by atoms with Crippen LogP contribution in [0.1, 0.15) is 34.1 Å². The molecular formula is C40H35N3O5S. The van der Waals surface area contributed by atoms with Crippen LogP contribution in [0.15, 0.2) is 132 Å². The largest absolute Gasteiger partial charge is 0.497 e. The zero-order chi connectivity index (χ0) is 34.3. The number of fused-ring (bicyclic) bond motifs is 3. The molecule has 2 amide bonds. The summed E-state index contributed by atoms with van der Waals surface area (Å²) in [6.07, 6.45) is 2.15. The number of carbonyl (C=O) groups is 3. The summed E-state index contributed by atoms with van der Waals surface area (Å²) in [6, 6.07) is 37.1. The van der Waals surface area contributed by atoms with Gasteiger partial charge in [0.05, 0.1) is 30.5 Å². The molecule has 1 atom stereocenters. The van der Waals surface area contributed by atoms with E-state index >= 15 is 0 Å². The van der Waals surface area contributed by atoms with Gasteiger partial charge in [-0.2, -0.15) is 0 Å². The molecule has 8 nitrogen and oxygen atoms in total. The number of carbonyl (C=O) groups excluding carboxylic acids is 3. The molecule has 0 aliphatic heterocycles. The van der Waals surface area contributed by atoms with E-state index in [4.69, 9.17) is 9.47 Å². The van der Waals surface area contributed by atoms with E-state index in [0.29, 0.717) is 34.7 Å². The minimum Gasteiger partial charge on any atom is -0.497 e. The van der Waals surface area contributed by atoms with Crippen LogP contribution in [0.4, 0.5) is 5.69 Å². The highest BCUT2D eigenvalue weighted by molar-refractivity contribution is 8.00. The third kappa shape index (κ3) is 7.22. The number of aromatic nitrogens is 1. The number of nitrogens with zero attached hydrogens (tertiary/aromatic N) is 1. The van der Waals surface area contributed by atoms with Gasteiger partial charge in [0.2, 0.25) is 5.91 Å². The van der Waals surface area contributed by atoms with Gasteiger partial charge in [0.1, 0.15) is 17.2 Å². The Morgan fingerprint density at radius 2 is 1.45 bits per heavy atom. The van der Waals surface area contributed by atoms with Crippen molar-refractivity contribution in [3.63, 3.8) is 0 Å². The summed E-state index contributed by atoms with van der Waals surface area (Å²) < 4.78 is 12.7. The molecule has 0 fully saturated rings. The number of nitrogens with one attached hydrogen (secondary N) is 2. The lowest BCUT2D eigenvalue weighted by Gasteiger charge is -2.17. The number of thioether (sulfide) groups is 1. The summed E-state index contributed by atoms with van der Waals surface area (Å²) in [5.74, 6) is 0.0662. The molecule has 49 heavy (non-hydrogen) atoms. The van der Waals surface area contributed by atoms with Crippen LogP contribution in [-0.4, -0.2) is 41.8 Å². The van der Waals surface area contributed by atoms with Gasteiger partial charge in [-0.05, 0) is 73.2 Å². The van der Waals surface area contributed by atoms with E-state index in [0.717, 1.165) is 26.7 Å². The topological polar surface area (TPSA) is 98.7 Å². The monoisotopic (exact) mass is 669 g/mol. The summed E-state index contributed by atoms with van der Waals surface area (Å²) in [5, 5.41) is 7.38. The van der Waals surface area contributed by atoms with Gasteiger partial charge in [-0.3, -0.25) is 19.0 Å². The van der Waals surface area contributed by atoms with E-state index in [-0.39, 0.29) is 16.9 Å². The molecule has 0 aliphatic rings. The molecule has 246 valence electrons. The average molecular weight is 670 g/mol. The number of hydrogen-bond donors (Lipinski definition) is 2. The molecule has 5 aromatic carbocycles. The van der Waals surface area contributed by atoms with Crippen molar-refractivity contribution >= 4 is 63.1 Å². The van der Waals surface area contributed by atoms with Gasteiger partial charge in [0, 0.05) is 32.5 Å². The van der Waals surface area contributed by atoms with Crippen LogP contribution < -0.4 is 20.1 Å². The number of para-hydroxylation sites is 2. The molecular weight excluding hydrogens is 635 g/mol. The van der Waals surface area contributed by atoms with E-state index in [1.807, 2.05) is 84.3 Å². The van der Waals surface area contributed by atoms with Crippen LogP contribution in [0.2, 0.25) is 0 Å². The molecule has 6 rings (SSSR count). The quantitative estimate of drug-likeness (QED) is 0.106. The lowest BCUT2D eigenvalue weighted by molar-refractivity contribution is -0.113. The van der Waals surface area contributed by atoms with Gasteiger partial charge >= 0.3 is 0 Å². The zero-order valence-corrected chi connectivity index (χ0v) is 28.1. The summed E-state index contributed by atoms with van der Waals surface area (Å²) in [5.41, 5.74) is 3.20. The maximum absolute atomic E-state index is 14.1. The van der Waals surface area contributed by atoms with Crippen molar-refractivity contribution in [3.8, 4) is 11.5 Å². The number of methoxy groups -OCH3 is 2. The Kier molecular flexibility index (Phi) is 10.1. The molecule has 0 radical (unpaired) electrons. The SMILES string of the molecule is CCC(Sc1cccc(NC(=O)/C(=C\c2cc(OC)ccc2OC)NC(=O)c2ccccc2)c1)C(=O)n1c2ccccc2c2ccccc21. The molecule has 0 saturated heterocycles. The second-order valence-electron chi connectivity index (χ2n) is 11.2. The Labute approximate surface area is 288 Å². The smallest absolute Gasteiger partial charge is 0.272 e. The number of ether oxygens (including phenoxy) is 2. The molecule has 6 aromatic rings. The lowest BCUT2D eigenvalue weighted by Crippen LogP contribution is -2.30. The highest BCUT2D eigenvalue weighted by Gasteiger charge is 2.24. The van der Waals surface area contributed by atoms with E-state index in [1.165, 1.54) is 18.9 Å². The van der Waals surface area contributed by atoms with Crippen LogP contribution in [0.25, 0.3) is 27.9 Å². The van der Waals surface area contributed by atoms with Crippen molar-refractivity contribution in [1.29, 1.82) is 0 Å². The summed E-state index contributed by atoms with van der Waals surface area (Å²) in [7, 11) is 3.07. The average Bonchev–Trinajstić information content (AvgIpc) is 3.48. The molecule has 9 heteroatoms. The highest BCUT2D eigenvalue weighted by Crippen LogP contribution is 2.34. The second-order valence-corrected chi connectivity index (χ2v) is 12.5. The summed E-state index contributed by atoms with van der Waals surface area (Å²) in [6.45, 7) is 1.99. The standard InChI is InChI=1S/C40H35N3O5S/c1-4-37(40(46)43-34-19-10-8-17-31(34)32-18-9-11-20-35(32)43)49-30-16-12-15-28(25-30)41-39(45)33(42-38(44)26-13-6-5-7-14-26)24-27-23-29(47-2)21-22-36(27)48-3/h5-25,37H,4H2,1-3H3,(H,41,45)(H,42,44)/b33-24+. The second kappa shape index (κ2) is 15.0. The molecule has 1 aromatic heterocycles. The Morgan fingerprint density at radius 1 is 0.776 bits per heavy atom. The molecule has 1 heterocycles. The summed E-state index contributed by atoms with van der Waals surface area (Å²) in [4.78, 5) is 41.9. The predicted molar refractivity (Wildman–Crippen MR) is 197 cm³/mol. The van der Waals surface area contributed by atoms with Gasteiger partial charge in [-0.1, -0.05) is 67.6 Å². The first-order valence-corrected chi connectivity index (χ1v) is 16.7. The number of anilines is 1. The van der Waals surface area contributed by atoms with Crippen LogP contribution in [0, 0.1) is 0 Å². The number of amides is 2. The Balaban J connectivity index is 1.27. The third-order valence-corrected chi connectivity index (χ3v) is 9.43. The van der Waals surface area contributed by atoms with Gasteiger partial charge in [0.25, 0.3) is 11.8 Å². The summed E-state index contributed by atoms with van der Waals surface area (Å²) >= 11 is 1.44. The van der Waals surface area contributed by atoms with Gasteiger partial charge in [-0.15, -0.1) is 11.8 Å². The fourth-order valence-electron chi connectivity index (χ4n) is 5.67. The van der Waals surface area contributed by atoms with Gasteiger partial charge in [0.15, 0.2) is 0 Å². The molecule has 0 bridgehead atoms. The Bertz CT molecular complexity index is 2140. The maximum Gasteiger partial charge on any atom is 0.272 e. The minimum absolute atomic E-state index is 0.00596. The number of benzene rings is 5. The molecule has 0 aliphatic carbocycles. The Hall–Kier alpha value is -5.80. The highest BCUT2D eigenvalue weighted by atomic mass is 32.2. The molecule has 0 saturated carbocycles.